The van der Waals surface area contributed by atoms with E-state index in [1.54, 1.807) is 18.4 Å². The lowest BCUT2D eigenvalue weighted by molar-refractivity contribution is 0.403. The Balaban J connectivity index is 1.67. The number of benzene rings is 2. The molecule has 0 spiro atoms. The fourth-order valence-corrected chi connectivity index (χ4v) is 5.11. The Morgan fingerprint density at radius 2 is 1.91 bits per heavy atom. The normalized spacial score (nSPS) is 16.1. The van der Waals surface area contributed by atoms with Gasteiger partial charge in [0.25, 0.3) is 5.89 Å². The van der Waals surface area contributed by atoms with Crippen LogP contribution < -0.4 is 15.0 Å². The SMILES string of the molecule is COc1cccc(C2NC(=S)N(c3ccc(C)c(C)c3)C(C)=C2c2nc(-c3cccs3)no2)c1. The molecule has 0 saturated carbocycles. The molecule has 0 radical (unpaired) electrons. The fourth-order valence-electron chi connectivity index (χ4n) is 4.11. The van der Waals surface area contributed by atoms with E-state index in [2.05, 4.69) is 42.5 Å². The van der Waals surface area contributed by atoms with E-state index in [4.69, 9.17) is 26.5 Å². The van der Waals surface area contributed by atoms with Gasteiger partial charge in [-0.05, 0) is 85.4 Å². The van der Waals surface area contributed by atoms with Gasteiger partial charge in [0, 0.05) is 11.4 Å². The van der Waals surface area contributed by atoms with Gasteiger partial charge in [-0.15, -0.1) is 11.3 Å². The van der Waals surface area contributed by atoms with Gasteiger partial charge in [0.15, 0.2) is 5.11 Å². The number of aromatic nitrogens is 2. The van der Waals surface area contributed by atoms with Crippen molar-refractivity contribution in [3.8, 4) is 16.5 Å². The number of aryl methyl sites for hydroxylation is 2. The van der Waals surface area contributed by atoms with Gasteiger partial charge in [-0.2, -0.15) is 4.98 Å². The number of anilines is 1. The molecule has 0 aliphatic carbocycles. The maximum absolute atomic E-state index is 5.86. The van der Waals surface area contributed by atoms with E-state index in [0.29, 0.717) is 16.8 Å². The van der Waals surface area contributed by atoms with Crippen molar-refractivity contribution in [1.29, 1.82) is 0 Å². The average molecular weight is 489 g/mol. The molecule has 0 saturated heterocycles. The second-order valence-corrected chi connectivity index (χ2v) is 9.50. The minimum Gasteiger partial charge on any atom is -0.497 e. The number of thiocarbonyl (C=S) groups is 1. The quantitative estimate of drug-likeness (QED) is 0.331. The molecule has 1 atom stereocenters. The predicted octanol–water partition coefficient (Wildman–Crippen LogP) is 6.29. The van der Waals surface area contributed by atoms with Crippen molar-refractivity contribution in [3.05, 3.63) is 88.3 Å². The highest BCUT2D eigenvalue weighted by molar-refractivity contribution is 7.80. The first kappa shape index (κ1) is 22.3. The van der Waals surface area contributed by atoms with Crippen LogP contribution in [0.4, 0.5) is 5.69 Å². The lowest BCUT2D eigenvalue weighted by atomic mass is 9.94. The predicted molar refractivity (Wildman–Crippen MR) is 140 cm³/mol. The maximum atomic E-state index is 5.86. The molecule has 0 bridgehead atoms. The number of hydrogen-bond acceptors (Lipinski definition) is 6. The standard InChI is InChI=1S/C26H24N4O2S2/c1-15-10-11-19(13-16(15)2)30-17(3)22(25-28-24(29-32-25)21-9-6-12-34-21)23(27-26(30)33)18-7-5-8-20(14-18)31-4/h5-14,23H,1-4H3,(H,27,33). The van der Waals surface area contributed by atoms with Gasteiger partial charge in [0.2, 0.25) is 5.82 Å². The monoisotopic (exact) mass is 488 g/mol. The number of nitrogens with one attached hydrogen (secondary N) is 1. The van der Waals surface area contributed by atoms with Crippen molar-refractivity contribution < 1.29 is 9.26 Å². The van der Waals surface area contributed by atoms with E-state index in [1.807, 2.05) is 53.6 Å². The van der Waals surface area contributed by atoms with E-state index < -0.39 is 0 Å². The molecular weight excluding hydrogens is 464 g/mol. The van der Waals surface area contributed by atoms with Crippen molar-refractivity contribution >= 4 is 39.9 Å². The second kappa shape index (κ2) is 9.04. The van der Waals surface area contributed by atoms with Crippen LogP contribution in [0.15, 0.2) is 70.2 Å². The summed E-state index contributed by atoms with van der Waals surface area (Å²) < 4.78 is 11.3. The molecule has 1 N–H and O–H groups in total. The summed E-state index contributed by atoms with van der Waals surface area (Å²) in [6.45, 7) is 6.24. The highest BCUT2D eigenvalue weighted by Gasteiger charge is 2.35. The van der Waals surface area contributed by atoms with E-state index in [9.17, 15) is 0 Å². The summed E-state index contributed by atoms with van der Waals surface area (Å²) in [5, 5.41) is 10.4. The van der Waals surface area contributed by atoms with Crippen LogP contribution in [-0.2, 0) is 0 Å². The van der Waals surface area contributed by atoms with Crippen LogP contribution in [0.5, 0.6) is 5.75 Å². The maximum Gasteiger partial charge on any atom is 0.258 e. The zero-order chi connectivity index (χ0) is 23.8. The first-order valence-electron chi connectivity index (χ1n) is 10.9. The summed E-state index contributed by atoms with van der Waals surface area (Å²) in [5.74, 6) is 1.79. The fraction of sp³-hybridized carbons (Fsp3) is 0.192. The summed E-state index contributed by atoms with van der Waals surface area (Å²) in [6.07, 6.45) is 0. The molecule has 3 heterocycles. The number of hydrogen-bond donors (Lipinski definition) is 1. The van der Waals surface area contributed by atoms with Gasteiger partial charge >= 0.3 is 0 Å². The van der Waals surface area contributed by atoms with Crippen molar-refractivity contribution in [2.24, 2.45) is 0 Å². The molecule has 34 heavy (non-hydrogen) atoms. The van der Waals surface area contributed by atoms with Gasteiger partial charge in [-0.25, -0.2) is 0 Å². The molecule has 0 fully saturated rings. The molecule has 2 aromatic heterocycles. The molecule has 8 heteroatoms. The Hall–Kier alpha value is -3.49. The molecule has 2 aromatic carbocycles. The van der Waals surface area contributed by atoms with E-state index in [-0.39, 0.29) is 6.04 Å². The largest absolute Gasteiger partial charge is 0.497 e. The van der Waals surface area contributed by atoms with Gasteiger partial charge in [0.1, 0.15) is 5.75 Å². The third-order valence-electron chi connectivity index (χ3n) is 6.06. The van der Waals surface area contributed by atoms with Crippen molar-refractivity contribution in [2.75, 3.05) is 12.0 Å². The minimum atomic E-state index is -0.276. The Morgan fingerprint density at radius 3 is 2.65 bits per heavy atom. The molecule has 5 rings (SSSR count). The van der Waals surface area contributed by atoms with Crippen molar-refractivity contribution in [1.82, 2.24) is 15.5 Å². The van der Waals surface area contributed by atoms with E-state index in [1.165, 1.54) is 11.1 Å². The summed E-state index contributed by atoms with van der Waals surface area (Å²) in [7, 11) is 1.66. The average Bonchev–Trinajstić information content (AvgIpc) is 3.53. The van der Waals surface area contributed by atoms with E-state index in [0.717, 1.165) is 33.1 Å². The van der Waals surface area contributed by atoms with Crippen LogP contribution in [0.3, 0.4) is 0 Å². The number of rotatable bonds is 5. The van der Waals surface area contributed by atoms with Crippen molar-refractivity contribution in [3.63, 3.8) is 0 Å². The number of thiophene rings is 1. The van der Waals surface area contributed by atoms with Crippen LogP contribution in [0.2, 0.25) is 0 Å². The summed E-state index contributed by atoms with van der Waals surface area (Å²) >= 11 is 7.43. The van der Waals surface area contributed by atoms with Gasteiger partial charge in [-0.3, -0.25) is 4.90 Å². The summed E-state index contributed by atoms with van der Waals surface area (Å²) in [4.78, 5) is 7.75. The Bertz CT molecular complexity index is 1390. The molecule has 172 valence electrons. The topological polar surface area (TPSA) is 63.4 Å². The summed E-state index contributed by atoms with van der Waals surface area (Å²) in [5.41, 5.74) is 6.21. The third-order valence-corrected chi connectivity index (χ3v) is 7.22. The van der Waals surface area contributed by atoms with Gasteiger partial charge < -0.3 is 14.6 Å². The molecule has 6 nitrogen and oxygen atoms in total. The van der Waals surface area contributed by atoms with Gasteiger partial charge in [-0.1, -0.05) is 29.4 Å². The lowest BCUT2D eigenvalue weighted by Crippen LogP contribution is -2.46. The Labute approximate surface area is 207 Å². The molecule has 1 aliphatic rings. The van der Waals surface area contributed by atoms with E-state index >= 15 is 0 Å². The smallest absolute Gasteiger partial charge is 0.258 e. The van der Waals surface area contributed by atoms with Crippen LogP contribution in [-0.4, -0.2) is 22.4 Å². The molecule has 1 aliphatic heterocycles. The number of nitrogens with zero attached hydrogens (tertiary/aromatic N) is 3. The highest BCUT2D eigenvalue weighted by Crippen LogP contribution is 2.40. The van der Waals surface area contributed by atoms with Crippen LogP contribution in [0, 0.1) is 13.8 Å². The second-order valence-electron chi connectivity index (χ2n) is 8.16. The first-order valence-corrected chi connectivity index (χ1v) is 12.2. The lowest BCUT2D eigenvalue weighted by Gasteiger charge is -2.37. The number of allylic oxidation sites excluding steroid dienone is 1. The van der Waals surface area contributed by atoms with Crippen LogP contribution in [0.25, 0.3) is 16.3 Å². The van der Waals surface area contributed by atoms with Gasteiger partial charge in [0.05, 0.1) is 23.6 Å². The molecule has 0 amide bonds. The zero-order valence-electron chi connectivity index (χ0n) is 19.3. The summed E-state index contributed by atoms with van der Waals surface area (Å²) in [6, 6.07) is 17.9. The van der Waals surface area contributed by atoms with Crippen LogP contribution in [0.1, 0.15) is 35.5 Å². The molecular formula is C26H24N4O2S2. The van der Waals surface area contributed by atoms with Crippen LogP contribution >= 0.6 is 23.6 Å². The molecule has 4 aromatic rings. The third kappa shape index (κ3) is 3.99. The molecule has 1 unspecified atom stereocenters. The van der Waals surface area contributed by atoms with Crippen molar-refractivity contribution in [2.45, 2.75) is 26.8 Å². The number of methoxy groups -OCH3 is 1. The number of ether oxygens (including phenoxy) is 1. The highest BCUT2D eigenvalue weighted by atomic mass is 32.1. The zero-order valence-corrected chi connectivity index (χ0v) is 21.0. The first-order chi connectivity index (χ1) is 16.5. The Kier molecular flexibility index (Phi) is 5.93. The minimum absolute atomic E-state index is 0.276. The Morgan fingerprint density at radius 1 is 1.06 bits per heavy atom.